The van der Waals surface area contributed by atoms with Crippen LogP contribution in [0.5, 0.6) is 5.75 Å². The average Bonchev–Trinajstić information content (AvgIpc) is 3.74. The van der Waals surface area contributed by atoms with Crippen molar-refractivity contribution in [3.8, 4) is 22.8 Å². The maximum Gasteiger partial charge on any atom is 0.499 e. The molecule has 1 unspecified atom stereocenters. The topological polar surface area (TPSA) is 102 Å². The van der Waals surface area contributed by atoms with E-state index >= 15 is 0 Å². The zero-order chi connectivity index (χ0) is 34.4. The van der Waals surface area contributed by atoms with Crippen molar-refractivity contribution in [3.63, 3.8) is 0 Å². The number of anilines is 1. The second-order valence-corrected chi connectivity index (χ2v) is 12.7. The number of nitrogens with one attached hydrogen (secondary N) is 1. The molecule has 2 heterocycles. The van der Waals surface area contributed by atoms with Crippen LogP contribution in [0.2, 0.25) is 0 Å². The molecular formula is C33H29F5N6O3S. The average molecular weight is 685 g/mol. The van der Waals surface area contributed by atoms with Gasteiger partial charge in [0.2, 0.25) is 5.91 Å². The second-order valence-electron chi connectivity index (χ2n) is 11.8. The number of amides is 3. The van der Waals surface area contributed by atoms with Crippen LogP contribution in [0.1, 0.15) is 42.0 Å². The van der Waals surface area contributed by atoms with Crippen LogP contribution in [-0.2, 0) is 17.6 Å². The molecule has 2 aliphatic rings. The lowest BCUT2D eigenvalue weighted by molar-refractivity contribution is -0.360. The van der Waals surface area contributed by atoms with Gasteiger partial charge < -0.3 is 10.1 Å². The lowest BCUT2D eigenvalue weighted by Gasteiger charge is -2.22. The van der Waals surface area contributed by atoms with Gasteiger partial charge in [-0.05, 0) is 84.3 Å². The van der Waals surface area contributed by atoms with Crippen molar-refractivity contribution in [2.45, 2.75) is 57.9 Å². The Hall–Kier alpha value is -4.79. The normalized spacial score (nSPS) is 17.4. The molecule has 3 aromatic carbocycles. The standard InChI is InChI=1S/C33H29F5N6O3S/c1-18(2)26-11-4-19(3)12-27(26)44-28(45)16-48-31(44)41-30(46)40-23-14-20-5-6-21(13-22(20)15-23)29-39-17-43(42-29)24-7-9-25(10-8-24)47-33(37,38)32(34,35)36/h4-13,17-18,23H,14-16H2,1-3H3,(H,40,46). The van der Waals surface area contributed by atoms with Crippen molar-refractivity contribution in [2.24, 2.45) is 4.99 Å². The van der Waals surface area contributed by atoms with Crippen LogP contribution in [-0.4, -0.2) is 55.9 Å². The number of nitrogens with zero attached hydrogens (tertiary/aromatic N) is 5. The van der Waals surface area contributed by atoms with Crippen LogP contribution in [0, 0.1) is 6.92 Å². The second kappa shape index (κ2) is 12.7. The number of hydrogen-bond acceptors (Lipinski definition) is 6. The van der Waals surface area contributed by atoms with Gasteiger partial charge in [-0.3, -0.25) is 9.69 Å². The molecule has 15 heteroatoms. The van der Waals surface area contributed by atoms with Gasteiger partial charge in [-0.1, -0.05) is 49.9 Å². The molecule has 6 rings (SSSR count). The molecule has 0 bridgehead atoms. The third-order valence-corrected chi connectivity index (χ3v) is 8.83. The quantitative estimate of drug-likeness (QED) is 0.207. The Morgan fingerprint density at radius 2 is 1.75 bits per heavy atom. The van der Waals surface area contributed by atoms with Gasteiger partial charge in [0, 0.05) is 11.6 Å². The molecule has 1 saturated heterocycles. The summed E-state index contributed by atoms with van der Waals surface area (Å²) in [6, 6.07) is 15.4. The fraction of sp³-hybridized carbons (Fsp3) is 0.303. The molecule has 3 amide bonds. The zero-order valence-corrected chi connectivity index (χ0v) is 26.7. The summed E-state index contributed by atoms with van der Waals surface area (Å²) in [4.78, 5) is 36.1. The number of aryl methyl sites for hydroxylation is 1. The van der Waals surface area contributed by atoms with Gasteiger partial charge in [0.1, 0.15) is 12.1 Å². The van der Waals surface area contributed by atoms with Crippen LogP contribution in [0.15, 0.2) is 72.0 Å². The molecule has 1 atom stereocenters. The lowest BCUT2D eigenvalue weighted by atomic mass is 9.99. The SMILES string of the molecule is Cc1ccc(C(C)C)c(N2C(=O)CSC2=NC(=O)NC2Cc3ccc(-c4ncn(-c5ccc(OC(F)(F)C(F)(F)F)cc5)n4)cc3C2)c1. The molecule has 48 heavy (non-hydrogen) atoms. The highest BCUT2D eigenvalue weighted by atomic mass is 32.2. The molecule has 1 aliphatic carbocycles. The Balaban J connectivity index is 1.11. The smallest absolute Gasteiger partial charge is 0.426 e. The van der Waals surface area contributed by atoms with E-state index < -0.39 is 24.1 Å². The summed E-state index contributed by atoms with van der Waals surface area (Å²) in [5.41, 5.74) is 5.81. The van der Waals surface area contributed by atoms with Crippen LogP contribution in [0.4, 0.5) is 32.4 Å². The van der Waals surface area contributed by atoms with Crippen molar-refractivity contribution >= 4 is 34.6 Å². The van der Waals surface area contributed by atoms with E-state index in [0.717, 1.165) is 40.1 Å². The number of aromatic nitrogens is 3. The highest BCUT2D eigenvalue weighted by Gasteiger charge is 2.61. The van der Waals surface area contributed by atoms with E-state index in [2.05, 4.69) is 25.1 Å². The van der Waals surface area contributed by atoms with Crippen molar-refractivity contribution in [3.05, 3.63) is 89.2 Å². The van der Waals surface area contributed by atoms with E-state index in [9.17, 15) is 31.5 Å². The molecular weight excluding hydrogens is 655 g/mol. The number of aliphatic imine (C=N–C) groups is 1. The first-order valence-corrected chi connectivity index (χ1v) is 15.9. The number of rotatable bonds is 7. The number of carbonyl (C=O) groups is 2. The highest BCUT2D eigenvalue weighted by molar-refractivity contribution is 8.15. The van der Waals surface area contributed by atoms with Crippen LogP contribution in [0.3, 0.4) is 0 Å². The Kier molecular flexibility index (Phi) is 8.75. The Morgan fingerprint density at radius 3 is 2.46 bits per heavy atom. The number of fused-ring (bicyclic) bond motifs is 1. The predicted molar refractivity (Wildman–Crippen MR) is 171 cm³/mol. The first kappa shape index (κ1) is 33.1. The van der Waals surface area contributed by atoms with Crippen molar-refractivity contribution in [1.82, 2.24) is 20.1 Å². The molecule has 0 spiro atoms. The van der Waals surface area contributed by atoms with Crippen LogP contribution >= 0.6 is 11.8 Å². The largest absolute Gasteiger partial charge is 0.499 e. The minimum atomic E-state index is -5.85. The Morgan fingerprint density at radius 1 is 1.02 bits per heavy atom. The van der Waals surface area contributed by atoms with E-state index in [1.54, 1.807) is 0 Å². The third-order valence-electron chi connectivity index (χ3n) is 7.91. The summed E-state index contributed by atoms with van der Waals surface area (Å²) in [5.74, 6) is -0.0698. The molecule has 1 aliphatic heterocycles. The van der Waals surface area contributed by atoms with E-state index in [1.165, 1.54) is 39.8 Å². The predicted octanol–water partition coefficient (Wildman–Crippen LogP) is 7.21. The molecule has 9 nitrogen and oxygen atoms in total. The number of benzene rings is 3. The summed E-state index contributed by atoms with van der Waals surface area (Å²) >= 11 is 1.23. The fourth-order valence-corrected chi connectivity index (χ4v) is 6.42. The van der Waals surface area contributed by atoms with E-state index in [0.29, 0.717) is 35.1 Å². The van der Waals surface area contributed by atoms with E-state index in [-0.39, 0.29) is 23.6 Å². The van der Waals surface area contributed by atoms with Gasteiger partial charge in [-0.25, -0.2) is 14.5 Å². The van der Waals surface area contributed by atoms with E-state index in [1.807, 2.05) is 57.2 Å². The minimum absolute atomic E-state index is 0.132. The maximum atomic E-state index is 13.2. The van der Waals surface area contributed by atoms with Gasteiger partial charge in [0.05, 0.1) is 17.1 Å². The summed E-state index contributed by atoms with van der Waals surface area (Å²) in [5, 5.41) is 7.73. The van der Waals surface area contributed by atoms with Gasteiger partial charge >= 0.3 is 18.3 Å². The van der Waals surface area contributed by atoms with Gasteiger partial charge in [-0.15, -0.1) is 5.10 Å². The van der Waals surface area contributed by atoms with Gasteiger partial charge in [0.25, 0.3) is 0 Å². The molecule has 1 aromatic heterocycles. The number of ether oxygens (including phenoxy) is 1. The molecule has 0 radical (unpaired) electrons. The highest BCUT2D eigenvalue weighted by Crippen LogP contribution is 2.38. The molecule has 4 aromatic rings. The number of thioether (sulfide) groups is 1. The summed E-state index contributed by atoms with van der Waals surface area (Å²) in [6.07, 6.45) is -8.66. The van der Waals surface area contributed by atoms with Crippen LogP contribution < -0.4 is 15.0 Å². The monoisotopic (exact) mass is 684 g/mol. The third kappa shape index (κ3) is 6.77. The minimum Gasteiger partial charge on any atom is -0.426 e. The van der Waals surface area contributed by atoms with Crippen LogP contribution in [0.25, 0.3) is 17.1 Å². The number of alkyl halides is 5. The van der Waals surface area contributed by atoms with Gasteiger partial charge in [-0.2, -0.15) is 26.9 Å². The Labute approximate surface area is 276 Å². The Bertz CT molecular complexity index is 1910. The number of carbonyl (C=O) groups excluding carboxylic acids is 2. The van der Waals surface area contributed by atoms with Crippen molar-refractivity contribution < 1.29 is 36.3 Å². The fourth-order valence-electron chi connectivity index (χ4n) is 5.56. The molecule has 250 valence electrons. The number of urea groups is 1. The summed E-state index contributed by atoms with van der Waals surface area (Å²) in [7, 11) is 0. The van der Waals surface area contributed by atoms with Crippen molar-refractivity contribution in [2.75, 3.05) is 10.7 Å². The zero-order valence-electron chi connectivity index (χ0n) is 25.9. The van der Waals surface area contributed by atoms with Gasteiger partial charge in [0.15, 0.2) is 11.0 Å². The lowest BCUT2D eigenvalue weighted by Crippen LogP contribution is -2.41. The first-order valence-electron chi connectivity index (χ1n) is 14.9. The van der Waals surface area contributed by atoms with E-state index in [4.69, 9.17) is 0 Å². The first-order chi connectivity index (χ1) is 22.7. The number of hydrogen-bond donors (Lipinski definition) is 1. The molecule has 0 saturated carbocycles. The summed E-state index contributed by atoms with van der Waals surface area (Å²) in [6.45, 7) is 6.04. The van der Waals surface area contributed by atoms with Crippen molar-refractivity contribution in [1.29, 1.82) is 0 Å². The maximum absolute atomic E-state index is 13.2. The molecule has 1 N–H and O–H groups in total. The molecule has 1 fully saturated rings. The number of amidine groups is 1. The summed E-state index contributed by atoms with van der Waals surface area (Å²) < 4.78 is 68.9. The number of halogens is 5.